The van der Waals surface area contributed by atoms with E-state index in [9.17, 15) is 147 Å². The highest BCUT2D eigenvalue weighted by atomic mass is 16.8. The minimum atomic E-state index is -2.59. The first-order chi connectivity index (χ1) is 50.2. The zero-order valence-corrected chi connectivity index (χ0v) is 56.2. The number of nitrogens with one attached hydrogen (secondary N) is 2. The van der Waals surface area contributed by atoms with Crippen LogP contribution in [0, 0.1) is 0 Å². The van der Waals surface area contributed by atoms with Crippen LogP contribution in [0.5, 0.6) is 0 Å². The van der Waals surface area contributed by atoms with Gasteiger partial charge < -0.3 is 229 Å². The van der Waals surface area contributed by atoms with Crippen molar-refractivity contribution in [3.05, 3.63) is 0 Å². The average molecular weight is 1560 g/mol. The summed E-state index contributed by atoms with van der Waals surface area (Å²) in [5, 5.41) is 301. The Morgan fingerprint density at radius 1 is 0.245 bits per heavy atom. The van der Waals surface area contributed by atoms with Crippen molar-refractivity contribution < 1.29 is 228 Å². The highest BCUT2D eigenvalue weighted by Crippen LogP contribution is 2.39. The van der Waals surface area contributed by atoms with E-state index >= 15 is 0 Å². The molecule has 9 fully saturated rings. The molecule has 2 amide bonds. The molecule has 616 valence electrons. The number of aliphatic hydroxyl groups excluding tert-OH is 27. The molecule has 0 aromatic heterocycles. The first-order valence-corrected chi connectivity index (χ1v) is 33.7. The lowest BCUT2D eigenvalue weighted by atomic mass is 9.94. The second-order valence-corrected chi connectivity index (χ2v) is 26.7. The van der Waals surface area contributed by atoms with Crippen LogP contribution in [0.2, 0.25) is 0 Å². The first-order valence-electron chi connectivity index (χ1n) is 33.7. The summed E-state index contributed by atoms with van der Waals surface area (Å²) in [6.07, 6.45) is -90.7. The smallest absolute Gasteiger partial charge is 0.217 e. The predicted octanol–water partition coefficient (Wildman–Crippen LogP) is -20.3. The molecular formula is C58H98N2O46. The molecule has 9 aliphatic rings. The van der Waals surface area contributed by atoms with Crippen molar-refractivity contribution in [3.63, 3.8) is 0 Å². The lowest BCUT2D eigenvalue weighted by Crippen LogP contribution is -2.70. The van der Waals surface area contributed by atoms with E-state index in [-0.39, 0.29) is 0 Å². The van der Waals surface area contributed by atoms with Gasteiger partial charge in [0.2, 0.25) is 11.8 Å². The van der Waals surface area contributed by atoms with Crippen LogP contribution in [0.1, 0.15) is 13.8 Å². The van der Waals surface area contributed by atoms with Crippen LogP contribution in [0.3, 0.4) is 0 Å². The summed E-state index contributed by atoms with van der Waals surface area (Å²) < 4.78 is 98.9. The Hall–Kier alpha value is -2.82. The maximum absolute atomic E-state index is 12.9. The Balaban J connectivity index is 1.06. The fraction of sp³-hybridized carbons (Fsp3) is 0.966. The molecule has 0 spiro atoms. The summed E-state index contributed by atoms with van der Waals surface area (Å²) in [5.41, 5.74) is 0. The number of rotatable bonds is 27. The molecule has 106 heavy (non-hydrogen) atoms. The van der Waals surface area contributed by atoms with Crippen LogP contribution in [-0.4, -0.2) is 485 Å². The van der Waals surface area contributed by atoms with Gasteiger partial charge >= 0.3 is 0 Å². The quantitative estimate of drug-likeness (QED) is 0.0363. The lowest BCUT2D eigenvalue weighted by molar-refractivity contribution is -0.398. The fourth-order valence-electron chi connectivity index (χ4n) is 13.5. The Morgan fingerprint density at radius 2 is 0.500 bits per heavy atom. The highest BCUT2D eigenvalue weighted by molar-refractivity contribution is 5.73. The van der Waals surface area contributed by atoms with E-state index in [4.69, 9.17) is 80.5 Å². The summed E-state index contributed by atoms with van der Waals surface area (Å²) in [5.74, 6) is -1.73. The summed E-state index contributed by atoms with van der Waals surface area (Å²) in [7, 11) is 0. The minimum Gasteiger partial charge on any atom is -0.394 e. The molecule has 29 N–H and O–H groups in total. The fourth-order valence-corrected chi connectivity index (χ4v) is 13.5. The van der Waals surface area contributed by atoms with Crippen molar-refractivity contribution in [1.29, 1.82) is 0 Å². The second-order valence-electron chi connectivity index (χ2n) is 26.7. The molecule has 0 saturated carbocycles. The van der Waals surface area contributed by atoms with Gasteiger partial charge in [0, 0.05) is 13.8 Å². The Labute approximate surface area is 598 Å². The van der Waals surface area contributed by atoms with E-state index in [0.717, 1.165) is 13.8 Å². The Morgan fingerprint density at radius 3 is 0.840 bits per heavy atom. The van der Waals surface area contributed by atoms with Crippen LogP contribution in [0.15, 0.2) is 0 Å². The van der Waals surface area contributed by atoms with Gasteiger partial charge in [-0.25, -0.2) is 0 Å². The zero-order valence-electron chi connectivity index (χ0n) is 56.2. The van der Waals surface area contributed by atoms with Crippen molar-refractivity contribution in [3.8, 4) is 0 Å². The molecule has 9 heterocycles. The van der Waals surface area contributed by atoms with Gasteiger partial charge in [0.05, 0.1) is 59.5 Å². The van der Waals surface area contributed by atoms with Gasteiger partial charge in [-0.15, -0.1) is 0 Å². The number of carbonyl (C=O) groups excluding carboxylic acids is 2. The van der Waals surface area contributed by atoms with Gasteiger partial charge in [-0.05, 0) is 0 Å². The number of hydrogen-bond donors (Lipinski definition) is 29. The molecule has 9 saturated heterocycles. The van der Waals surface area contributed by atoms with E-state index in [2.05, 4.69) is 10.6 Å². The van der Waals surface area contributed by atoms with Crippen molar-refractivity contribution in [1.82, 2.24) is 10.6 Å². The third-order valence-electron chi connectivity index (χ3n) is 19.5. The molecule has 9 aliphatic heterocycles. The molecule has 9 rings (SSSR count). The maximum atomic E-state index is 12.9. The van der Waals surface area contributed by atoms with Gasteiger partial charge in [0.25, 0.3) is 0 Å². The molecule has 0 aliphatic carbocycles. The molecule has 0 aromatic rings. The van der Waals surface area contributed by atoms with Crippen molar-refractivity contribution in [2.24, 2.45) is 0 Å². The van der Waals surface area contributed by atoms with E-state index in [1.807, 2.05) is 0 Å². The van der Waals surface area contributed by atoms with E-state index < -0.39 is 348 Å². The van der Waals surface area contributed by atoms with Crippen LogP contribution >= 0.6 is 0 Å². The Kier molecular flexibility index (Phi) is 31.1. The second kappa shape index (κ2) is 37.9. The predicted molar refractivity (Wildman–Crippen MR) is 320 cm³/mol. The summed E-state index contributed by atoms with van der Waals surface area (Å²) in [4.78, 5) is 25.0. The van der Waals surface area contributed by atoms with E-state index in [1.165, 1.54) is 0 Å². The van der Waals surface area contributed by atoms with Crippen molar-refractivity contribution in [2.45, 2.75) is 290 Å². The molecule has 48 nitrogen and oxygen atoms in total. The van der Waals surface area contributed by atoms with Crippen LogP contribution in [-0.2, 0) is 90.1 Å². The lowest BCUT2D eigenvalue weighted by Gasteiger charge is -2.51. The Bertz CT molecular complexity index is 2710. The number of aliphatic hydroxyl groups is 27. The van der Waals surface area contributed by atoms with E-state index in [1.54, 1.807) is 0 Å². The molecule has 0 bridgehead atoms. The standard InChI is InChI=1S/C58H98N2O46/c1-12(68)59-23-32(77)44(19(8-66)92-50(23)89)101-51-24(60-13(2)69)33(78)45(20(9-67)98-51)102-55-42(87)47(31(76)21(99-55)10-90-57-48(37(82)28(73)17(6-64)96-57)105-53-40(85)35(80)26(71)15(4-62)94-53)104-56-43(88)46(103-52-39(84)34(79)25(70)14(3-61)93-52)30(75)22(100-56)11-91-58-49(38(83)29(74)18(7-65)97-58)106-54-41(86)36(81)27(72)16(5-63)95-54/h14-58,61-67,70-89H,3-11H2,1-2H3,(H,59,68)(H,60,69)/t14-,15-,16-,17-,18-,19-,20-,21-,22-,23-,24-,25-,26-,27-,28-,29-,30-,31-,32-,33-,34+,35+,36+,37+,38+,39+,40+,41+,42+,43+,44-,45-,46+,47+,48+,49+,50-,51+,52-,53-,54-,55+,56-,57+,58+/m1/s1. The molecule has 0 aromatic carbocycles. The molecule has 48 heteroatoms. The van der Waals surface area contributed by atoms with E-state index in [0.29, 0.717) is 0 Å². The monoisotopic (exact) mass is 1560 g/mol. The zero-order chi connectivity index (χ0) is 77.9. The van der Waals surface area contributed by atoms with Gasteiger partial charge in [-0.3, -0.25) is 9.59 Å². The molecule has 45 atom stereocenters. The number of amides is 2. The first kappa shape index (κ1) is 87.2. The van der Waals surface area contributed by atoms with Gasteiger partial charge in [0.15, 0.2) is 56.6 Å². The minimum absolute atomic E-state index is 0.786. The average Bonchev–Trinajstić information content (AvgIpc) is 0.771. The molecular weight excluding hydrogens is 1460 g/mol. The highest BCUT2D eigenvalue weighted by Gasteiger charge is 2.60. The van der Waals surface area contributed by atoms with Gasteiger partial charge in [-0.1, -0.05) is 0 Å². The molecule has 0 unspecified atom stereocenters. The SMILES string of the molecule is CC(=O)N[C@@H]1[C@@H](O)[C@H](O[C@@H]2O[C@H](CO)[C@@H](O[C@@H]3O[C@H](CO[C@H]4O[C@H](CO)[C@@H](O)[C@H](O)[C@@H]4O[C@H]4O[C@H](CO)[C@@H](O)[C@H](O)[C@@H]4O)[C@@H](O)[C@H](O[C@H]4O[C@H](CO[C@H]5O[C@H](CO)[C@@H](O)[C@H](O)[C@@H]5O[C@H]5O[C@H](CO)[C@@H](O)[C@H](O)[C@@H]5O)[C@@H](O)[C@H](O[C@H]5O[C@H](CO)[C@@H](O)[C@H](O)[C@@H]5O)[C@@H]4O)[C@@H]3O)[C@H](O)[C@H]2NC(C)=O)[C@@H](CO)O[C@H]1O. The van der Waals surface area contributed by atoms with Crippen molar-refractivity contribution >= 4 is 11.8 Å². The topological polar surface area (TPSA) is 761 Å². The number of hydrogen-bond acceptors (Lipinski definition) is 46. The summed E-state index contributed by atoms with van der Waals surface area (Å²) in [6, 6.07) is -3.57. The van der Waals surface area contributed by atoms with Crippen LogP contribution < -0.4 is 10.6 Å². The number of carbonyl (C=O) groups is 2. The largest absolute Gasteiger partial charge is 0.394 e. The summed E-state index contributed by atoms with van der Waals surface area (Å²) in [6.45, 7) is -7.75. The van der Waals surface area contributed by atoms with Gasteiger partial charge in [0.1, 0.15) is 220 Å². The third-order valence-corrected chi connectivity index (χ3v) is 19.5. The number of ether oxygens (including phenoxy) is 17. The van der Waals surface area contributed by atoms with Crippen LogP contribution in [0.25, 0.3) is 0 Å². The van der Waals surface area contributed by atoms with Crippen LogP contribution in [0.4, 0.5) is 0 Å². The van der Waals surface area contributed by atoms with Gasteiger partial charge in [-0.2, -0.15) is 0 Å². The maximum Gasteiger partial charge on any atom is 0.217 e. The third kappa shape index (κ3) is 18.7. The van der Waals surface area contributed by atoms with Crippen molar-refractivity contribution in [2.75, 3.05) is 59.5 Å². The summed E-state index contributed by atoms with van der Waals surface area (Å²) >= 11 is 0. The normalized spacial score (nSPS) is 51.2. The molecule has 0 radical (unpaired) electrons.